The van der Waals surface area contributed by atoms with E-state index in [1.165, 1.54) is 0 Å². The zero-order valence-corrected chi connectivity index (χ0v) is 9.36. The highest BCUT2D eigenvalue weighted by Crippen LogP contribution is 2.20. The highest BCUT2D eigenvalue weighted by Gasteiger charge is 2.17. The molecule has 1 aromatic rings. The number of nitriles is 1. The molecule has 0 spiro atoms. The van der Waals surface area contributed by atoms with Gasteiger partial charge in [0.2, 0.25) is 5.88 Å². The molecule has 1 saturated heterocycles. The SMILES string of the molecule is Cc1ccnc(O[C@@H]2CCCNC2)c1C#N. The number of pyridine rings is 1. The Kier molecular flexibility index (Phi) is 3.37. The van der Waals surface area contributed by atoms with Gasteiger partial charge in [0.25, 0.3) is 0 Å². The van der Waals surface area contributed by atoms with E-state index in [0.717, 1.165) is 31.5 Å². The molecule has 4 heteroatoms. The van der Waals surface area contributed by atoms with Gasteiger partial charge in [0.1, 0.15) is 17.7 Å². The minimum atomic E-state index is 0.134. The highest BCUT2D eigenvalue weighted by atomic mass is 16.5. The molecule has 0 aromatic carbocycles. The zero-order chi connectivity index (χ0) is 11.4. The summed E-state index contributed by atoms with van der Waals surface area (Å²) in [5.41, 5.74) is 1.46. The normalized spacial score (nSPS) is 20.1. The third kappa shape index (κ3) is 2.31. The molecule has 0 unspecified atom stereocenters. The van der Waals surface area contributed by atoms with E-state index >= 15 is 0 Å². The molecule has 0 saturated carbocycles. The number of nitrogens with one attached hydrogen (secondary N) is 1. The van der Waals surface area contributed by atoms with E-state index in [9.17, 15) is 0 Å². The van der Waals surface area contributed by atoms with E-state index in [1.54, 1.807) is 6.20 Å². The Morgan fingerprint density at radius 3 is 3.19 bits per heavy atom. The van der Waals surface area contributed by atoms with Crippen molar-refractivity contribution in [2.24, 2.45) is 0 Å². The van der Waals surface area contributed by atoms with Gasteiger partial charge < -0.3 is 10.1 Å². The van der Waals surface area contributed by atoms with Gasteiger partial charge in [-0.15, -0.1) is 0 Å². The van der Waals surface area contributed by atoms with Crippen LogP contribution in [-0.2, 0) is 0 Å². The zero-order valence-electron chi connectivity index (χ0n) is 9.36. The van der Waals surface area contributed by atoms with Crippen molar-refractivity contribution < 1.29 is 4.74 Å². The van der Waals surface area contributed by atoms with Crippen LogP contribution in [0.4, 0.5) is 0 Å². The van der Waals surface area contributed by atoms with E-state index in [2.05, 4.69) is 16.4 Å². The van der Waals surface area contributed by atoms with Crippen molar-refractivity contribution >= 4 is 0 Å². The smallest absolute Gasteiger partial charge is 0.232 e. The Labute approximate surface area is 95.3 Å². The molecule has 1 aliphatic heterocycles. The molecule has 1 aliphatic rings. The molecule has 2 heterocycles. The summed E-state index contributed by atoms with van der Waals surface area (Å²) in [4.78, 5) is 4.13. The first kappa shape index (κ1) is 10.9. The summed E-state index contributed by atoms with van der Waals surface area (Å²) in [5, 5.41) is 12.3. The summed E-state index contributed by atoms with van der Waals surface area (Å²) in [6, 6.07) is 3.97. The van der Waals surface area contributed by atoms with Crippen molar-refractivity contribution in [3.63, 3.8) is 0 Å². The fraction of sp³-hybridized carbons (Fsp3) is 0.500. The third-order valence-corrected chi connectivity index (χ3v) is 2.77. The molecule has 16 heavy (non-hydrogen) atoms. The van der Waals surface area contributed by atoms with Gasteiger partial charge in [-0.05, 0) is 37.9 Å². The fourth-order valence-electron chi connectivity index (χ4n) is 1.84. The number of hydrogen-bond donors (Lipinski definition) is 1. The predicted molar refractivity (Wildman–Crippen MR) is 60.2 cm³/mol. The van der Waals surface area contributed by atoms with Gasteiger partial charge in [0.05, 0.1) is 0 Å². The van der Waals surface area contributed by atoms with Crippen molar-refractivity contribution in [2.45, 2.75) is 25.9 Å². The van der Waals surface area contributed by atoms with E-state index in [4.69, 9.17) is 10.00 Å². The van der Waals surface area contributed by atoms with E-state index in [1.807, 2.05) is 13.0 Å². The van der Waals surface area contributed by atoms with Crippen LogP contribution in [0.3, 0.4) is 0 Å². The van der Waals surface area contributed by atoms with E-state index in [-0.39, 0.29) is 6.10 Å². The molecule has 2 rings (SSSR count). The molecular weight excluding hydrogens is 202 g/mol. The van der Waals surface area contributed by atoms with Gasteiger partial charge in [0.15, 0.2) is 0 Å². The van der Waals surface area contributed by atoms with Crippen molar-refractivity contribution in [1.82, 2.24) is 10.3 Å². The number of nitrogens with zero attached hydrogens (tertiary/aromatic N) is 2. The van der Waals surface area contributed by atoms with Crippen LogP contribution in [0.2, 0.25) is 0 Å². The number of aromatic nitrogens is 1. The lowest BCUT2D eigenvalue weighted by Crippen LogP contribution is -2.37. The topological polar surface area (TPSA) is 57.9 Å². The first-order chi connectivity index (χ1) is 7.81. The molecule has 1 atom stereocenters. The second-order valence-corrected chi connectivity index (χ2v) is 4.01. The molecule has 4 nitrogen and oxygen atoms in total. The fourth-order valence-corrected chi connectivity index (χ4v) is 1.84. The first-order valence-corrected chi connectivity index (χ1v) is 5.54. The van der Waals surface area contributed by atoms with Crippen molar-refractivity contribution in [3.05, 3.63) is 23.4 Å². The van der Waals surface area contributed by atoms with Gasteiger partial charge in [-0.3, -0.25) is 0 Å². The number of hydrogen-bond acceptors (Lipinski definition) is 4. The largest absolute Gasteiger partial charge is 0.472 e. The molecular formula is C12H15N3O. The van der Waals surface area contributed by atoms with Crippen LogP contribution in [0, 0.1) is 18.3 Å². The summed E-state index contributed by atoms with van der Waals surface area (Å²) in [6.45, 7) is 3.78. The predicted octanol–water partition coefficient (Wildman–Crippen LogP) is 1.39. The summed E-state index contributed by atoms with van der Waals surface area (Å²) in [7, 11) is 0. The van der Waals surface area contributed by atoms with Gasteiger partial charge in [0, 0.05) is 12.7 Å². The van der Waals surface area contributed by atoms with Crippen LogP contribution in [-0.4, -0.2) is 24.2 Å². The Morgan fingerprint density at radius 2 is 2.50 bits per heavy atom. The molecule has 1 aromatic heterocycles. The lowest BCUT2D eigenvalue weighted by atomic mass is 10.1. The molecule has 1 N–H and O–H groups in total. The molecule has 0 radical (unpaired) electrons. The Bertz CT molecular complexity index is 405. The molecule has 84 valence electrons. The van der Waals surface area contributed by atoms with Crippen LogP contribution >= 0.6 is 0 Å². The summed E-state index contributed by atoms with van der Waals surface area (Å²) in [6.07, 6.45) is 3.95. The standard InChI is InChI=1S/C12H15N3O/c1-9-4-6-15-12(11(9)7-13)16-10-3-2-5-14-8-10/h4,6,10,14H,2-3,5,8H2,1H3/t10-/m1/s1. The summed E-state index contributed by atoms with van der Waals surface area (Å²) >= 11 is 0. The highest BCUT2D eigenvalue weighted by molar-refractivity contribution is 5.43. The Hall–Kier alpha value is -1.60. The number of rotatable bonds is 2. The van der Waals surface area contributed by atoms with E-state index in [0.29, 0.717) is 11.4 Å². The number of ether oxygens (including phenoxy) is 1. The second kappa shape index (κ2) is 4.95. The third-order valence-electron chi connectivity index (χ3n) is 2.77. The van der Waals surface area contributed by atoms with Crippen LogP contribution < -0.4 is 10.1 Å². The van der Waals surface area contributed by atoms with E-state index < -0.39 is 0 Å². The van der Waals surface area contributed by atoms with Crippen LogP contribution in [0.15, 0.2) is 12.3 Å². The van der Waals surface area contributed by atoms with Gasteiger partial charge in [-0.1, -0.05) is 0 Å². The molecule has 0 bridgehead atoms. The van der Waals surface area contributed by atoms with Gasteiger partial charge >= 0.3 is 0 Å². The van der Waals surface area contributed by atoms with Crippen LogP contribution in [0.1, 0.15) is 24.0 Å². The summed E-state index contributed by atoms with van der Waals surface area (Å²) in [5.74, 6) is 0.469. The quantitative estimate of drug-likeness (QED) is 0.813. The molecule has 0 amide bonds. The van der Waals surface area contributed by atoms with Crippen molar-refractivity contribution in [3.8, 4) is 11.9 Å². The Balaban J connectivity index is 2.14. The van der Waals surface area contributed by atoms with Crippen molar-refractivity contribution in [1.29, 1.82) is 5.26 Å². The Morgan fingerprint density at radius 1 is 1.62 bits per heavy atom. The summed E-state index contributed by atoms with van der Waals surface area (Å²) < 4.78 is 5.76. The maximum Gasteiger partial charge on any atom is 0.232 e. The lowest BCUT2D eigenvalue weighted by Gasteiger charge is -2.23. The number of piperidine rings is 1. The average molecular weight is 217 g/mol. The minimum absolute atomic E-state index is 0.134. The van der Waals surface area contributed by atoms with Crippen LogP contribution in [0.25, 0.3) is 0 Å². The maximum atomic E-state index is 9.04. The second-order valence-electron chi connectivity index (χ2n) is 4.01. The van der Waals surface area contributed by atoms with Crippen molar-refractivity contribution in [2.75, 3.05) is 13.1 Å². The molecule has 1 fully saturated rings. The number of aryl methyl sites for hydroxylation is 1. The monoisotopic (exact) mass is 217 g/mol. The lowest BCUT2D eigenvalue weighted by molar-refractivity contribution is 0.160. The minimum Gasteiger partial charge on any atom is -0.472 e. The maximum absolute atomic E-state index is 9.04. The van der Waals surface area contributed by atoms with Gasteiger partial charge in [-0.2, -0.15) is 5.26 Å². The first-order valence-electron chi connectivity index (χ1n) is 5.54. The average Bonchev–Trinajstić information content (AvgIpc) is 2.31. The molecule has 0 aliphatic carbocycles. The van der Waals surface area contributed by atoms with Gasteiger partial charge in [-0.25, -0.2) is 4.98 Å². The van der Waals surface area contributed by atoms with Crippen LogP contribution in [0.5, 0.6) is 5.88 Å².